The molecule has 166 valence electrons. The SMILES string of the molecule is CN1C(C(=O)Nc2ccc(F)c(Cl)c2)CC(C(=O)NCCC2CCCO2)NS1(=O)=O. The second-order valence-electron chi connectivity index (χ2n) is 7.28. The van der Waals surface area contributed by atoms with E-state index in [9.17, 15) is 22.4 Å². The molecule has 0 bridgehead atoms. The van der Waals surface area contributed by atoms with Crippen LogP contribution in [0.2, 0.25) is 5.02 Å². The summed E-state index contributed by atoms with van der Waals surface area (Å²) >= 11 is 5.71. The average Bonchev–Trinajstić information content (AvgIpc) is 3.20. The molecular formula is C18H24ClFN4O5S. The van der Waals surface area contributed by atoms with Gasteiger partial charge in [0.1, 0.15) is 17.9 Å². The number of amides is 2. The molecule has 2 heterocycles. The molecule has 30 heavy (non-hydrogen) atoms. The molecule has 0 spiro atoms. The van der Waals surface area contributed by atoms with E-state index >= 15 is 0 Å². The van der Waals surface area contributed by atoms with Gasteiger partial charge in [-0.2, -0.15) is 17.4 Å². The maximum atomic E-state index is 13.3. The molecule has 9 nitrogen and oxygen atoms in total. The number of halogens is 2. The van der Waals surface area contributed by atoms with Gasteiger partial charge in [0.15, 0.2) is 0 Å². The molecule has 0 aromatic heterocycles. The number of carbonyl (C=O) groups is 2. The minimum Gasteiger partial charge on any atom is -0.378 e. The summed E-state index contributed by atoms with van der Waals surface area (Å²) in [6.07, 6.45) is 2.60. The molecule has 1 aromatic carbocycles. The van der Waals surface area contributed by atoms with Crippen LogP contribution in [0.3, 0.4) is 0 Å². The monoisotopic (exact) mass is 462 g/mol. The van der Waals surface area contributed by atoms with Crippen molar-refractivity contribution in [3.8, 4) is 0 Å². The van der Waals surface area contributed by atoms with Crippen LogP contribution in [-0.4, -0.2) is 62.9 Å². The highest BCUT2D eigenvalue weighted by Crippen LogP contribution is 2.22. The maximum Gasteiger partial charge on any atom is 0.280 e. The van der Waals surface area contributed by atoms with E-state index in [2.05, 4.69) is 15.4 Å². The first-order valence-electron chi connectivity index (χ1n) is 9.58. The number of anilines is 1. The minimum atomic E-state index is -4.05. The predicted octanol–water partition coefficient (Wildman–Crippen LogP) is 1.01. The second kappa shape index (κ2) is 9.56. The van der Waals surface area contributed by atoms with E-state index in [4.69, 9.17) is 16.3 Å². The van der Waals surface area contributed by atoms with Gasteiger partial charge in [0.25, 0.3) is 10.2 Å². The van der Waals surface area contributed by atoms with E-state index in [0.717, 1.165) is 23.2 Å². The van der Waals surface area contributed by atoms with Crippen LogP contribution in [0.15, 0.2) is 18.2 Å². The summed E-state index contributed by atoms with van der Waals surface area (Å²) in [4.78, 5) is 25.2. The van der Waals surface area contributed by atoms with Crippen molar-refractivity contribution < 1.29 is 27.1 Å². The van der Waals surface area contributed by atoms with Crippen LogP contribution in [0.4, 0.5) is 10.1 Å². The van der Waals surface area contributed by atoms with Gasteiger partial charge in [-0.25, -0.2) is 4.39 Å². The third-order valence-corrected chi connectivity index (χ3v) is 7.05. The van der Waals surface area contributed by atoms with Crippen molar-refractivity contribution in [2.75, 3.05) is 25.5 Å². The normalized spacial score (nSPS) is 26.3. The van der Waals surface area contributed by atoms with E-state index in [0.29, 0.717) is 19.6 Å². The first-order chi connectivity index (χ1) is 14.2. The van der Waals surface area contributed by atoms with E-state index in [1.165, 1.54) is 19.2 Å². The number of benzene rings is 1. The first kappa shape index (κ1) is 22.9. The molecule has 12 heteroatoms. The fraction of sp³-hybridized carbons (Fsp3) is 0.556. The van der Waals surface area contributed by atoms with Crippen LogP contribution in [0.5, 0.6) is 0 Å². The number of hydrogen-bond donors (Lipinski definition) is 3. The Morgan fingerprint density at radius 1 is 1.37 bits per heavy atom. The zero-order valence-electron chi connectivity index (χ0n) is 16.4. The molecule has 3 N–H and O–H groups in total. The van der Waals surface area contributed by atoms with Gasteiger partial charge in [-0.3, -0.25) is 9.59 Å². The molecule has 3 atom stereocenters. The lowest BCUT2D eigenvalue weighted by atomic mass is 10.1. The smallest absolute Gasteiger partial charge is 0.280 e. The lowest BCUT2D eigenvalue weighted by Gasteiger charge is -2.35. The van der Waals surface area contributed by atoms with Crippen molar-refractivity contribution in [3.63, 3.8) is 0 Å². The predicted molar refractivity (Wildman–Crippen MR) is 109 cm³/mol. The number of hydrogen-bond acceptors (Lipinski definition) is 5. The lowest BCUT2D eigenvalue weighted by molar-refractivity contribution is -0.124. The van der Waals surface area contributed by atoms with Crippen molar-refractivity contribution in [2.24, 2.45) is 0 Å². The zero-order chi connectivity index (χ0) is 21.9. The van der Waals surface area contributed by atoms with Crippen LogP contribution >= 0.6 is 11.6 Å². The Labute approximate surface area is 179 Å². The van der Waals surface area contributed by atoms with Crippen molar-refractivity contribution >= 4 is 39.3 Å². The molecule has 0 aliphatic carbocycles. The molecule has 2 saturated heterocycles. The van der Waals surface area contributed by atoms with Crippen molar-refractivity contribution in [1.82, 2.24) is 14.3 Å². The minimum absolute atomic E-state index is 0.0672. The quantitative estimate of drug-likeness (QED) is 0.583. The van der Waals surface area contributed by atoms with Crippen molar-refractivity contribution in [1.29, 1.82) is 0 Å². The molecule has 0 radical (unpaired) electrons. The van der Waals surface area contributed by atoms with Gasteiger partial charge in [0.2, 0.25) is 11.8 Å². The Kier molecular flexibility index (Phi) is 7.30. The van der Waals surface area contributed by atoms with Gasteiger partial charge in [-0.1, -0.05) is 11.6 Å². The molecule has 0 saturated carbocycles. The Morgan fingerprint density at radius 3 is 2.80 bits per heavy atom. The Hall–Kier alpha value is -1.79. The summed E-state index contributed by atoms with van der Waals surface area (Å²) in [6.45, 7) is 1.06. The Morgan fingerprint density at radius 2 is 2.13 bits per heavy atom. The summed E-state index contributed by atoms with van der Waals surface area (Å²) in [5, 5.41) is 5.04. The first-order valence-corrected chi connectivity index (χ1v) is 11.4. The summed E-state index contributed by atoms with van der Waals surface area (Å²) in [5.74, 6) is -1.80. The molecule has 3 rings (SSSR count). The number of nitrogens with one attached hydrogen (secondary N) is 3. The van der Waals surface area contributed by atoms with Crippen molar-refractivity contribution in [3.05, 3.63) is 29.0 Å². The largest absolute Gasteiger partial charge is 0.378 e. The molecule has 3 unspecified atom stereocenters. The maximum absolute atomic E-state index is 13.3. The van der Waals surface area contributed by atoms with Crippen LogP contribution in [-0.2, 0) is 24.5 Å². The van der Waals surface area contributed by atoms with Crippen molar-refractivity contribution in [2.45, 2.75) is 43.9 Å². The van der Waals surface area contributed by atoms with Crippen LogP contribution in [0.1, 0.15) is 25.7 Å². The number of ether oxygens (including phenoxy) is 1. The van der Waals surface area contributed by atoms with Gasteiger partial charge in [0.05, 0.1) is 11.1 Å². The highest BCUT2D eigenvalue weighted by Gasteiger charge is 2.42. The zero-order valence-corrected chi connectivity index (χ0v) is 17.9. The number of rotatable bonds is 6. The van der Waals surface area contributed by atoms with E-state index in [-0.39, 0.29) is 23.2 Å². The van der Waals surface area contributed by atoms with Gasteiger partial charge < -0.3 is 15.4 Å². The highest BCUT2D eigenvalue weighted by molar-refractivity contribution is 7.87. The van der Waals surface area contributed by atoms with Gasteiger partial charge in [-0.15, -0.1) is 0 Å². The summed E-state index contributed by atoms with van der Waals surface area (Å²) in [5.41, 5.74) is 0.216. The third kappa shape index (κ3) is 5.46. The number of carbonyl (C=O) groups excluding carboxylic acids is 2. The topological polar surface area (TPSA) is 117 Å². The Balaban J connectivity index is 1.63. The second-order valence-corrected chi connectivity index (χ2v) is 9.45. The number of likely N-dealkylation sites (N-methyl/N-ethyl adjacent to an activating group) is 1. The Bertz CT molecular complexity index is 910. The molecule has 2 fully saturated rings. The van der Waals surface area contributed by atoms with Crippen LogP contribution < -0.4 is 15.4 Å². The molecular weight excluding hydrogens is 439 g/mol. The fourth-order valence-electron chi connectivity index (χ4n) is 3.43. The van der Waals surface area contributed by atoms with E-state index in [1.54, 1.807) is 0 Å². The summed E-state index contributed by atoms with van der Waals surface area (Å²) in [7, 11) is -2.80. The molecule has 2 aliphatic heterocycles. The molecule has 2 aliphatic rings. The summed E-state index contributed by atoms with van der Waals surface area (Å²) in [6, 6.07) is 1.40. The van der Waals surface area contributed by atoms with Crippen LogP contribution in [0, 0.1) is 5.82 Å². The standard InChI is InChI=1S/C18H24ClFN4O5S/c1-24-16(18(26)22-11-4-5-14(20)13(19)9-11)10-15(23-30(24,27)28)17(25)21-7-6-12-3-2-8-29-12/h4-5,9,12,15-16,23H,2-3,6-8,10H2,1H3,(H,21,25)(H,22,26). The van der Waals surface area contributed by atoms with E-state index in [1.807, 2.05) is 0 Å². The molecule has 1 aromatic rings. The average molecular weight is 463 g/mol. The lowest BCUT2D eigenvalue weighted by Crippen LogP contribution is -2.62. The van der Waals surface area contributed by atoms with Gasteiger partial charge >= 0.3 is 0 Å². The summed E-state index contributed by atoms with van der Waals surface area (Å²) < 4.78 is 46.8. The fourth-order valence-corrected chi connectivity index (χ4v) is 4.86. The third-order valence-electron chi connectivity index (χ3n) is 5.16. The van der Waals surface area contributed by atoms with E-state index < -0.39 is 39.9 Å². The highest BCUT2D eigenvalue weighted by atomic mass is 35.5. The van der Waals surface area contributed by atoms with Crippen LogP contribution in [0.25, 0.3) is 0 Å². The van der Waals surface area contributed by atoms with Gasteiger partial charge in [0, 0.05) is 25.9 Å². The number of nitrogens with zero attached hydrogens (tertiary/aromatic N) is 1. The van der Waals surface area contributed by atoms with Gasteiger partial charge in [-0.05, 0) is 43.9 Å². The molecule has 2 amide bonds.